The number of carbonyl (C=O) groups is 1. The highest BCUT2D eigenvalue weighted by molar-refractivity contribution is 9.11. The SMILES string of the molecule is O=C(Nc1cccc(Br)c1)c1nc(-c2ccc(Br)cc2)n(-c2ccc(Br)cc2)n1. The predicted octanol–water partition coefficient (Wildman–Crippen LogP) is 6.47. The molecule has 0 spiro atoms. The van der Waals surface area contributed by atoms with Crippen molar-refractivity contribution in [3.63, 3.8) is 0 Å². The number of hydrogen-bond donors (Lipinski definition) is 1. The van der Waals surface area contributed by atoms with E-state index >= 15 is 0 Å². The maximum absolute atomic E-state index is 12.8. The molecule has 0 fully saturated rings. The van der Waals surface area contributed by atoms with E-state index in [2.05, 4.69) is 63.2 Å². The second kappa shape index (κ2) is 8.61. The van der Waals surface area contributed by atoms with E-state index in [4.69, 9.17) is 0 Å². The fourth-order valence-electron chi connectivity index (χ4n) is 2.71. The van der Waals surface area contributed by atoms with Crippen molar-refractivity contribution >= 4 is 59.4 Å². The number of nitrogens with zero attached hydrogens (tertiary/aromatic N) is 3. The molecule has 0 bridgehead atoms. The van der Waals surface area contributed by atoms with Gasteiger partial charge in [0.25, 0.3) is 5.91 Å². The predicted molar refractivity (Wildman–Crippen MR) is 124 cm³/mol. The number of hydrogen-bond acceptors (Lipinski definition) is 3. The van der Waals surface area contributed by atoms with Crippen molar-refractivity contribution in [2.24, 2.45) is 0 Å². The van der Waals surface area contributed by atoms with Crippen molar-refractivity contribution in [3.8, 4) is 17.1 Å². The number of anilines is 1. The summed E-state index contributed by atoms with van der Waals surface area (Å²) in [5.41, 5.74) is 2.32. The summed E-state index contributed by atoms with van der Waals surface area (Å²) in [5.74, 6) is 0.294. The van der Waals surface area contributed by atoms with Crippen LogP contribution in [0.3, 0.4) is 0 Å². The number of benzene rings is 3. The summed E-state index contributed by atoms with van der Waals surface area (Å²) in [6.07, 6.45) is 0. The lowest BCUT2D eigenvalue weighted by Gasteiger charge is -2.06. The Bertz CT molecular complexity index is 1110. The van der Waals surface area contributed by atoms with Crippen molar-refractivity contribution in [3.05, 3.63) is 92.0 Å². The molecule has 3 aromatic carbocycles. The van der Waals surface area contributed by atoms with E-state index in [0.29, 0.717) is 11.5 Å². The zero-order valence-corrected chi connectivity index (χ0v) is 19.6. The Morgan fingerprint density at radius 1 is 0.828 bits per heavy atom. The van der Waals surface area contributed by atoms with Gasteiger partial charge in [0.15, 0.2) is 5.82 Å². The first-order valence-electron chi connectivity index (χ1n) is 8.55. The fourth-order valence-corrected chi connectivity index (χ4v) is 3.64. The third-order valence-corrected chi connectivity index (χ3v) is 5.62. The lowest BCUT2D eigenvalue weighted by Crippen LogP contribution is -2.14. The lowest BCUT2D eigenvalue weighted by molar-refractivity contribution is 0.101. The molecule has 8 heteroatoms. The second-order valence-corrected chi connectivity index (χ2v) is 8.87. The Balaban J connectivity index is 1.75. The van der Waals surface area contributed by atoms with Crippen molar-refractivity contribution in [2.45, 2.75) is 0 Å². The molecule has 4 rings (SSSR count). The number of rotatable bonds is 4. The summed E-state index contributed by atoms with van der Waals surface area (Å²) in [5, 5.41) is 7.32. The van der Waals surface area contributed by atoms with Crippen LogP contribution in [0.5, 0.6) is 0 Å². The molecule has 1 aromatic heterocycles. The molecule has 29 heavy (non-hydrogen) atoms. The van der Waals surface area contributed by atoms with Gasteiger partial charge in [-0.2, -0.15) is 0 Å². The van der Waals surface area contributed by atoms with E-state index in [-0.39, 0.29) is 11.7 Å². The van der Waals surface area contributed by atoms with E-state index in [9.17, 15) is 4.79 Å². The highest BCUT2D eigenvalue weighted by atomic mass is 79.9. The number of nitrogens with one attached hydrogen (secondary N) is 1. The summed E-state index contributed by atoms with van der Waals surface area (Å²) < 4.78 is 4.47. The van der Waals surface area contributed by atoms with Crippen LogP contribution in [0.15, 0.2) is 86.2 Å². The van der Waals surface area contributed by atoms with Crippen molar-refractivity contribution in [1.29, 1.82) is 0 Å². The minimum absolute atomic E-state index is 0.0887. The molecule has 0 atom stereocenters. The van der Waals surface area contributed by atoms with Gasteiger partial charge in [-0.15, -0.1) is 5.10 Å². The highest BCUT2D eigenvalue weighted by Crippen LogP contribution is 2.24. The zero-order chi connectivity index (χ0) is 20.4. The summed E-state index contributed by atoms with van der Waals surface area (Å²) in [6.45, 7) is 0. The average molecular weight is 577 g/mol. The van der Waals surface area contributed by atoms with Crippen molar-refractivity contribution in [1.82, 2.24) is 14.8 Å². The van der Waals surface area contributed by atoms with Gasteiger partial charge in [-0.25, -0.2) is 9.67 Å². The summed E-state index contributed by atoms with van der Waals surface area (Å²) in [6, 6.07) is 22.8. The van der Waals surface area contributed by atoms with Gasteiger partial charge in [-0.1, -0.05) is 66.0 Å². The van der Waals surface area contributed by atoms with Crippen LogP contribution >= 0.6 is 47.8 Å². The summed E-state index contributed by atoms with van der Waals surface area (Å²) >= 11 is 10.3. The molecule has 144 valence electrons. The molecular weight excluding hydrogens is 564 g/mol. The summed E-state index contributed by atoms with van der Waals surface area (Å²) in [4.78, 5) is 17.3. The first-order valence-corrected chi connectivity index (χ1v) is 10.9. The van der Waals surface area contributed by atoms with E-state index in [1.54, 1.807) is 4.68 Å². The quantitative estimate of drug-likeness (QED) is 0.303. The van der Waals surface area contributed by atoms with Gasteiger partial charge in [0, 0.05) is 24.7 Å². The van der Waals surface area contributed by atoms with Gasteiger partial charge in [-0.05, 0) is 54.6 Å². The molecule has 4 aromatic rings. The Kier molecular flexibility index (Phi) is 5.94. The third-order valence-electron chi connectivity index (χ3n) is 4.07. The van der Waals surface area contributed by atoms with E-state index in [1.165, 1.54) is 0 Å². The van der Waals surface area contributed by atoms with Gasteiger partial charge >= 0.3 is 0 Å². The van der Waals surface area contributed by atoms with Gasteiger partial charge in [0.2, 0.25) is 5.82 Å². The third kappa shape index (κ3) is 4.66. The highest BCUT2D eigenvalue weighted by Gasteiger charge is 2.19. The Morgan fingerprint density at radius 3 is 2.14 bits per heavy atom. The molecule has 5 nitrogen and oxygen atoms in total. The van der Waals surface area contributed by atoms with Crippen molar-refractivity contribution < 1.29 is 4.79 Å². The van der Waals surface area contributed by atoms with Crippen molar-refractivity contribution in [2.75, 3.05) is 5.32 Å². The van der Waals surface area contributed by atoms with Crippen LogP contribution in [-0.2, 0) is 0 Å². The first-order chi connectivity index (χ1) is 14.0. The molecule has 1 N–H and O–H groups in total. The summed E-state index contributed by atoms with van der Waals surface area (Å²) in [7, 11) is 0. The standard InChI is InChI=1S/C21H13Br3N4O/c22-14-6-4-13(5-7-14)20-26-19(21(29)25-17-3-1-2-16(24)12-17)27-28(20)18-10-8-15(23)9-11-18/h1-12H,(H,25,29). The molecule has 0 saturated heterocycles. The van der Waals surface area contributed by atoms with Gasteiger partial charge in [0.05, 0.1) is 5.69 Å². The van der Waals surface area contributed by atoms with Crippen LogP contribution in [0, 0.1) is 0 Å². The zero-order valence-electron chi connectivity index (χ0n) is 14.8. The van der Waals surface area contributed by atoms with Gasteiger partial charge in [-0.3, -0.25) is 4.79 Å². The van der Waals surface area contributed by atoms with E-state index in [1.807, 2.05) is 72.8 Å². The maximum Gasteiger partial charge on any atom is 0.295 e. The Hall–Kier alpha value is -2.29. The number of halogens is 3. The average Bonchev–Trinajstić information content (AvgIpc) is 3.15. The molecule has 0 saturated carbocycles. The van der Waals surface area contributed by atoms with Crippen LogP contribution in [-0.4, -0.2) is 20.7 Å². The van der Waals surface area contributed by atoms with Crippen LogP contribution < -0.4 is 5.32 Å². The Morgan fingerprint density at radius 2 is 1.48 bits per heavy atom. The molecule has 0 aliphatic rings. The van der Waals surface area contributed by atoms with Crippen LogP contribution in [0.25, 0.3) is 17.1 Å². The molecule has 0 radical (unpaired) electrons. The largest absolute Gasteiger partial charge is 0.319 e. The van der Waals surface area contributed by atoms with Crippen LogP contribution in [0.4, 0.5) is 5.69 Å². The Labute approximate surface area is 192 Å². The molecule has 0 aliphatic heterocycles. The molecule has 0 unspecified atom stereocenters. The van der Waals surface area contributed by atoms with E-state index in [0.717, 1.165) is 24.7 Å². The minimum atomic E-state index is -0.377. The topological polar surface area (TPSA) is 59.8 Å². The van der Waals surface area contributed by atoms with Gasteiger partial charge < -0.3 is 5.32 Å². The van der Waals surface area contributed by atoms with E-state index < -0.39 is 0 Å². The molecule has 1 heterocycles. The molecular formula is C21H13Br3N4O. The number of carbonyl (C=O) groups excluding carboxylic acids is 1. The minimum Gasteiger partial charge on any atom is -0.319 e. The monoisotopic (exact) mass is 574 g/mol. The lowest BCUT2D eigenvalue weighted by atomic mass is 10.2. The smallest absolute Gasteiger partial charge is 0.295 e. The fraction of sp³-hybridized carbons (Fsp3) is 0. The normalized spacial score (nSPS) is 10.7. The van der Waals surface area contributed by atoms with Crippen LogP contribution in [0.2, 0.25) is 0 Å². The van der Waals surface area contributed by atoms with Gasteiger partial charge in [0.1, 0.15) is 0 Å². The molecule has 0 aliphatic carbocycles. The number of aromatic nitrogens is 3. The molecule has 1 amide bonds. The van der Waals surface area contributed by atoms with Crippen LogP contribution in [0.1, 0.15) is 10.6 Å². The number of amides is 1. The second-order valence-electron chi connectivity index (χ2n) is 6.12. The first kappa shape index (κ1) is 20.0. The maximum atomic E-state index is 12.8.